The first-order valence-electron chi connectivity index (χ1n) is 10.1. The molecule has 1 saturated heterocycles. The SMILES string of the molecule is O=C(NNc1cccc(OCc2ccc(Cl)c(Cl)c2)c1)[C@H]1CC(=O)N(c2ccccc2)C1. The molecule has 0 saturated carbocycles. The van der Waals surface area contributed by atoms with Crippen LogP contribution in [0.1, 0.15) is 12.0 Å². The lowest BCUT2D eigenvalue weighted by Gasteiger charge is -2.17. The molecule has 0 bridgehead atoms. The molecule has 3 aromatic carbocycles. The number of anilines is 2. The second-order valence-corrected chi connectivity index (χ2v) is 8.23. The monoisotopic (exact) mass is 469 g/mol. The molecule has 2 amide bonds. The summed E-state index contributed by atoms with van der Waals surface area (Å²) in [7, 11) is 0. The number of carbonyl (C=O) groups excluding carboxylic acids is 2. The molecule has 32 heavy (non-hydrogen) atoms. The van der Waals surface area contributed by atoms with Crippen LogP contribution in [-0.2, 0) is 16.2 Å². The zero-order valence-electron chi connectivity index (χ0n) is 17.1. The van der Waals surface area contributed by atoms with Crippen LogP contribution in [0.15, 0.2) is 72.8 Å². The highest BCUT2D eigenvalue weighted by atomic mass is 35.5. The van der Waals surface area contributed by atoms with Gasteiger partial charge in [-0.2, -0.15) is 0 Å². The van der Waals surface area contributed by atoms with E-state index in [1.165, 1.54) is 0 Å². The number of amides is 2. The molecular weight excluding hydrogens is 449 g/mol. The normalized spacial score (nSPS) is 15.5. The van der Waals surface area contributed by atoms with Crippen molar-refractivity contribution in [2.75, 3.05) is 16.9 Å². The minimum Gasteiger partial charge on any atom is -0.489 e. The van der Waals surface area contributed by atoms with Crippen LogP contribution in [0.25, 0.3) is 0 Å². The summed E-state index contributed by atoms with van der Waals surface area (Å²) in [4.78, 5) is 26.6. The van der Waals surface area contributed by atoms with Crippen LogP contribution in [0.4, 0.5) is 11.4 Å². The van der Waals surface area contributed by atoms with Crippen LogP contribution in [0.3, 0.4) is 0 Å². The molecule has 164 valence electrons. The average Bonchev–Trinajstić information content (AvgIpc) is 3.21. The summed E-state index contributed by atoms with van der Waals surface area (Å²) >= 11 is 12.0. The Morgan fingerprint density at radius 1 is 1.00 bits per heavy atom. The molecule has 4 rings (SSSR count). The summed E-state index contributed by atoms with van der Waals surface area (Å²) in [6.07, 6.45) is 0.176. The van der Waals surface area contributed by atoms with Gasteiger partial charge >= 0.3 is 0 Å². The van der Waals surface area contributed by atoms with Gasteiger partial charge in [0.05, 0.1) is 21.7 Å². The number of halogens is 2. The van der Waals surface area contributed by atoms with E-state index in [1.807, 2.05) is 54.6 Å². The van der Waals surface area contributed by atoms with Crippen LogP contribution in [0, 0.1) is 5.92 Å². The van der Waals surface area contributed by atoms with E-state index in [2.05, 4.69) is 10.9 Å². The first-order chi connectivity index (χ1) is 15.5. The fourth-order valence-corrected chi connectivity index (χ4v) is 3.76. The molecule has 2 N–H and O–H groups in total. The smallest absolute Gasteiger partial charge is 0.243 e. The molecular formula is C24H21Cl2N3O3. The van der Waals surface area contributed by atoms with Crippen LogP contribution < -0.4 is 20.5 Å². The second-order valence-electron chi connectivity index (χ2n) is 7.42. The molecule has 0 unspecified atom stereocenters. The van der Waals surface area contributed by atoms with Gasteiger partial charge in [-0.3, -0.25) is 20.4 Å². The van der Waals surface area contributed by atoms with Gasteiger partial charge in [-0.25, -0.2) is 0 Å². The van der Waals surface area contributed by atoms with E-state index >= 15 is 0 Å². The lowest BCUT2D eigenvalue weighted by Crippen LogP contribution is -2.36. The van der Waals surface area contributed by atoms with Gasteiger partial charge < -0.3 is 9.64 Å². The van der Waals surface area contributed by atoms with Crippen LogP contribution in [0.2, 0.25) is 10.0 Å². The highest BCUT2D eigenvalue weighted by molar-refractivity contribution is 6.42. The largest absolute Gasteiger partial charge is 0.489 e. The molecule has 1 aliphatic rings. The molecule has 1 heterocycles. The fraction of sp³-hybridized carbons (Fsp3) is 0.167. The molecule has 6 nitrogen and oxygen atoms in total. The standard InChI is InChI=1S/C24H21Cl2N3O3/c25-21-10-9-16(11-22(21)26)15-32-20-8-4-5-18(13-20)27-28-24(31)17-12-23(30)29(14-17)19-6-2-1-3-7-19/h1-11,13,17,27H,12,14-15H2,(H,28,31)/t17-/m0/s1. The summed E-state index contributed by atoms with van der Waals surface area (Å²) in [5.41, 5.74) is 7.94. The van der Waals surface area contributed by atoms with Gasteiger partial charge in [-0.1, -0.05) is 53.5 Å². The van der Waals surface area contributed by atoms with Crippen molar-refractivity contribution in [3.8, 4) is 5.75 Å². The van der Waals surface area contributed by atoms with E-state index < -0.39 is 5.92 Å². The van der Waals surface area contributed by atoms with Gasteiger partial charge in [-0.05, 0) is 42.0 Å². The zero-order chi connectivity index (χ0) is 22.5. The highest BCUT2D eigenvalue weighted by Crippen LogP contribution is 2.26. The van der Waals surface area contributed by atoms with E-state index in [-0.39, 0.29) is 18.2 Å². The molecule has 3 aromatic rings. The maximum atomic E-state index is 12.6. The van der Waals surface area contributed by atoms with Crippen molar-refractivity contribution in [1.29, 1.82) is 0 Å². The van der Waals surface area contributed by atoms with Gasteiger partial charge in [0.25, 0.3) is 0 Å². The van der Waals surface area contributed by atoms with Crippen molar-refractivity contribution in [2.45, 2.75) is 13.0 Å². The van der Waals surface area contributed by atoms with Crippen LogP contribution in [-0.4, -0.2) is 18.4 Å². The van der Waals surface area contributed by atoms with Crippen LogP contribution in [0.5, 0.6) is 5.75 Å². The predicted octanol–water partition coefficient (Wildman–Crippen LogP) is 5.07. The summed E-state index contributed by atoms with van der Waals surface area (Å²) in [6, 6.07) is 21.9. The molecule has 0 radical (unpaired) electrons. The lowest BCUT2D eigenvalue weighted by molar-refractivity contribution is -0.125. The maximum absolute atomic E-state index is 12.6. The number of carbonyl (C=O) groups is 2. The quantitative estimate of drug-likeness (QED) is 0.474. The topological polar surface area (TPSA) is 70.7 Å². The van der Waals surface area contributed by atoms with Gasteiger partial charge in [0.1, 0.15) is 12.4 Å². The molecule has 0 aliphatic carbocycles. The zero-order valence-corrected chi connectivity index (χ0v) is 18.6. The number of hydrazine groups is 1. The summed E-state index contributed by atoms with van der Waals surface area (Å²) in [5.74, 6) is -0.0983. The Balaban J connectivity index is 1.30. The third kappa shape index (κ3) is 5.33. The molecule has 0 spiro atoms. The minimum atomic E-state index is -0.427. The summed E-state index contributed by atoms with van der Waals surface area (Å²) in [5, 5.41) is 0.968. The molecule has 1 fully saturated rings. The Kier molecular flexibility index (Phi) is 6.83. The van der Waals surface area contributed by atoms with Crippen molar-refractivity contribution in [3.63, 3.8) is 0 Å². The maximum Gasteiger partial charge on any atom is 0.243 e. The Labute approximate surface area is 196 Å². The van der Waals surface area contributed by atoms with Gasteiger partial charge in [0.2, 0.25) is 11.8 Å². The average molecular weight is 470 g/mol. The minimum absolute atomic E-state index is 0.0611. The highest BCUT2D eigenvalue weighted by Gasteiger charge is 2.35. The lowest BCUT2D eigenvalue weighted by atomic mass is 10.1. The first kappa shape index (κ1) is 22.0. The van der Waals surface area contributed by atoms with Crippen LogP contribution >= 0.6 is 23.2 Å². The number of benzene rings is 3. The van der Waals surface area contributed by atoms with Gasteiger partial charge in [-0.15, -0.1) is 0 Å². The van der Waals surface area contributed by atoms with E-state index in [1.54, 1.807) is 23.1 Å². The number of hydrogen-bond acceptors (Lipinski definition) is 4. The summed E-state index contributed by atoms with van der Waals surface area (Å²) < 4.78 is 5.81. The summed E-state index contributed by atoms with van der Waals surface area (Å²) in [6.45, 7) is 0.676. The van der Waals surface area contributed by atoms with Crippen molar-refractivity contribution in [2.24, 2.45) is 5.92 Å². The number of nitrogens with zero attached hydrogens (tertiary/aromatic N) is 1. The number of para-hydroxylation sites is 1. The fourth-order valence-electron chi connectivity index (χ4n) is 3.44. The molecule has 1 aliphatic heterocycles. The van der Waals surface area contributed by atoms with E-state index in [4.69, 9.17) is 27.9 Å². The van der Waals surface area contributed by atoms with Crippen molar-refractivity contribution >= 4 is 46.4 Å². The third-order valence-corrected chi connectivity index (χ3v) is 5.86. The molecule has 0 aromatic heterocycles. The van der Waals surface area contributed by atoms with Crippen molar-refractivity contribution in [3.05, 3.63) is 88.4 Å². The number of hydrogen-bond donors (Lipinski definition) is 2. The third-order valence-electron chi connectivity index (χ3n) is 5.12. The van der Waals surface area contributed by atoms with Gasteiger partial charge in [0.15, 0.2) is 0 Å². The molecule has 8 heteroatoms. The Morgan fingerprint density at radius 3 is 2.59 bits per heavy atom. The van der Waals surface area contributed by atoms with E-state index in [0.717, 1.165) is 11.3 Å². The Hall–Kier alpha value is -3.22. The van der Waals surface area contributed by atoms with E-state index in [0.29, 0.717) is 34.6 Å². The Bertz CT molecular complexity index is 1120. The van der Waals surface area contributed by atoms with E-state index in [9.17, 15) is 9.59 Å². The van der Waals surface area contributed by atoms with Crippen molar-refractivity contribution in [1.82, 2.24) is 5.43 Å². The molecule has 1 atom stereocenters. The first-order valence-corrected chi connectivity index (χ1v) is 10.8. The number of rotatable bonds is 7. The number of ether oxygens (including phenoxy) is 1. The van der Waals surface area contributed by atoms with Crippen molar-refractivity contribution < 1.29 is 14.3 Å². The predicted molar refractivity (Wildman–Crippen MR) is 126 cm³/mol. The van der Waals surface area contributed by atoms with Gasteiger partial charge in [0, 0.05) is 24.7 Å². The second kappa shape index (κ2) is 9.94. The Morgan fingerprint density at radius 2 is 1.81 bits per heavy atom. The number of nitrogens with one attached hydrogen (secondary N) is 2.